The molecule has 0 spiro atoms. The van der Waals surface area contributed by atoms with Crippen LogP contribution < -0.4 is 43.4 Å². The predicted molar refractivity (Wildman–Crippen MR) is 358 cm³/mol. The van der Waals surface area contributed by atoms with Crippen molar-refractivity contribution in [3.63, 3.8) is 0 Å². The third-order valence-electron chi connectivity index (χ3n) is 16.6. The van der Waals surface area contributed by atoms with E-state index in [1.54, 1.807) is 116 Å². The van der Waals surface area contributed by atoms with Crippen LogP contribution in [0.4, 0.5) is 0 Å². The Hall–Kier alpha value is -5.86. The van der Waals surface area contributed by atoms with Gasteiger partial charge in [-0.25, -0.2) is 0 Å². The molecule has 3 fully saturated rings. The topological polar surface area (TPSA) is 342 Å². The highest BCUT2D eigenvalue weighted by atomic mass is 35.6. The molecule has 0 bridgehead atoms. The molecule has 3 saturated heterocycles. The smallest absolute Gasteiger partial charge is 0.282 e. The van der Waals surface area contributed by atoms with Gasteiger partial charge in [0.1, 0.15) is 60.4 Å². The van der Waals surface area contributed by atoms with Gasteiger partial charge in [0.05, 0.1) is 0 Å². The Labute approximate surface area is 579 Å². The molecule has 12 amide bonds. The molecular formula is C64H90Cl6N12O12. The van der Waals surface area contributed by atoms with Crippen molar-refractivity contribution in [2.45, 2.75) is 200 Å². The molecule has 94 heavy (non-hydrogen) atoms. The van der Waals surface area contributed by atoms with Crippen molar-refractivity contribution < 1.29 is 57.5 Å². The Kier molecular flexibility index (Phi) is 30.1. The monoisotopic (exact) mass is 1430 g/mol. The van der Waals surface area contributed by atoms with E-state index < -0.39 is 151 Å². The second-order valence-corrected chi connectivity index (χ2v) is 30.2. The summed E-state index contributed by atoms with van der Waals surface area (Å²) in [4.78, 5) is 183. The van der Waals surface area contributed by atoms with Crippen molar-refractivity contribution in [2.75, 3.05) is 26.2 Å². The minimum absolute atomic E-state index is 0.00979. The van der Waals surface area contributed by atoms with Crippen molar-refractivity contribution in [3.8, 4) is 0 Å². The average molecular weight is 1430 g/mol. The van der Waals surface area contributed by atoms with Gasteiger partial charge >= 0.3 is 0 Å². The van der Waals surface area contributed by atoms with E-state index in [1.807, 2.05) is 0 Å². The largest absolute Gasteiger partial charge is 0.342 e. The lowest BCUT2D eigenvalue weighted by Gasteiger charge is -2.37. The molecule has 2 aromatic rings. The van der Waals surface area contributed by atoms with Gasteiger partial charge in [-0.3, -0.25) is 67.3 Å². The molecule has 2 aromatic carbocycles. The molecule has 24 nitrogen and oxygen atoms in total. The molecule has 0 unspecified atom stereocenters. The van der Waals surface area contributed by atoms with Gasteiger partial charge in [-0.15, -0.1) is 0 Å². The number of nitrogens with two attached hydrogens (primary N) is 2. The fourth-order valence-electron chi connectivity index (χ4n) is 11.9. The molecule has 0 radical (unpaired) electrons. The summed E-state index contributed by atoms with van der Waals surface area (Å²) in [5.41, 5.74) is 13.1. The number of fused-ring (bicyclic) bond motifs is 2. The van der Waals surface area contributed by atoms with Gasteiger partial charge in [-0.05, 0) is 112 Å². The number of carbonyl (C=O) groups excluding carboxylic acids is 12. The van der Waals surface area contributed by atoms with Crippen LogP contribution in [0, 0.1) is 23.7 Å². The molecule has 10 N–H and O–H groups in total. The zero-order valence-corrected chi connectivity index (χ0v) is 58.8. The zero-order valence-electron chi connectivity index (χ0n) is 54.3. The number of rotatable bonds is 16. The standard InChI is InChI=1S/C64H90Cl6N12O12/c1-35(2)31-41-51(83)75-43(33-39-19-11-9-12-20-39)57(89)79-29-17-25-45(79)53(85)78-50(38(7)8)60(92)82(62(94)64(68,69)70)48(24-16-28-72)56(88)74-42(32-36(3)4)52(84)76-44(34-40-21-13-10-14-22-40)58(90)80-30-18-26-46(80)54(86)77-49(37(5)6)59(91)81(61(93)63(65,66)67)47(23-15-27-71)55(87)73-41/h9-14,19-22,35-38,41-50H,15-18,23-34,71-72H2,1-8H3,(H,73,87)(H,74,88)(H,75,83)(H,76,84)(H,77,86)(H,78,85)/t41-,42-,43+,44+,45-,46-,47-,48-,49-,50-/m0/s1. The van der Waals surface area contributed by atoms with Crippen LogP contribution in [0.15, 0.2) is 60.7 Å². The first-order valence-electron chi connectivity index (χ1n) is 31.9. The molecular weight excluding hydrogens is 1340 g/mol. The Morgan fingerprint density at radius 1 is 0.457 bits per heavy atom. The summed E-state index contributed by atoms with van der Waals surface area (Å²) < 4.78 is -5.79. The fraction of sp³-hybridized carbons (Fsp3) is 0.625. The third-order valence-corrected chi connectivity index (χ3v) is 17.6. The Balaban J connectivity index is 1.75. The Morgan fingerprint density at radius 3 is 1.06 bits per heavy atom. The van der Waals surface area contributed by atoms with Gasteiger partial charge in [0.25, 0.3) is 31.2 Å². The van der Waals surface area contributed by atoms with Gasteiger partial charge in [0.15, 0.2) is 0 Å². The van der Waals surface area contributed by atoms with Crippen LogP contribution in [-0.4, -0.2) is 185 Å². The van der Waals surface area contributed by atoms with Crippen LogP contribution in [-0.2, 0) is 70.4 Å². The van der Waals surface area contributed by atoms with E-state index in [1.165, 1.54) is 9.80 Å². The van der Waals surface area contributed by atoms with Crippen LogP contribution in [0.1, 0.15) is 131 Å². The van der Waals surface area contributed by atoms with Crippen LogP contribution in [0.5, 0.6) is 0 Å². The first-order valence-corrected chi connectivity index (χ1v) is 34.2. The summed E-state index contributed by atoms with van der Waals surface area (Å²) in [5, 5.41) is 16.4. The highest BCUT2D eigenvalue weighted by Crippen LogP contribution is 2.34. The normalized spacial score (nSPS) is 25.2. The fourth-order valence-corrected chi connectivity index (χ4v) is 12.4. The van der Waals surface area contributed by atoms with Gasteiger partial charge in [0.2, 0.25) is 47.3 Å². The number of amides is 12. The lowest BCUT2D eigenvalue weighted by atomic mass is 9.97. The van der Waals surface area contributed by atoms with Gasteiger partial charge in [0, 0.05) is 25.9 Å². The first-order chi connectivity index (χ1) is 44.1. The molecule has 3 aliphatic rings. The van der Waals surface area contributed by atoms with Crippen molar-refractivity contribution in [1.29, 1.82) is 0 Å². The molecule has 5 rings (SSSR count). The summed E-state index contributed by atoms with van der Waals surface area (Å²) in [6, 6.07) is 1.67. The predicted octanol–water partition coefficient (Wildman–Crippen LogP) is 4.45. The van der Waals surface area contributed by atoms with Crippen LogP contribution in [0.3, 0.4) is 0 Å². The van der Waals surface area contributed by atoms with Crippen molar-refractivity contribution in [1.82, 2.24) is 51.5 Å². The Bertz CT molecular complexity index is 2810. The number of carbonyl (C=O) groups is 12. The second kappa shape index (κ2) is 35.9. The summed E-state index contributed by atoms with van der Waals surface area (Å²) >= 11 is 37.8. The first kappa shape index (κ1) is 78.8. The van der Waals surface area contributed by atoms with E-state index in [2.05, 4.69) is 31.9 Å². The quantitative estimate of drug-likeness (QED) is 0.108. The van der Waals surface area contributed by atoms with E-state index in [-0.39, 0.29) is 115 Å². The number of imide groups is 2. The van der Waals surface area contributed by atoms with E-state index in [4.69, 9.17) is 81.1 Å². The number of nitrogens with zero attached hydrogens (tertiary/aromatic N) is 4. The summed E-state index contributed by atoms with van der Waals surface area (Å²) in [5.74, 6) is -14.9. The molecule has 10 atom stereocenters. The number of benzene rings is 2. The molecule has 3 aliphatic heterocycles. The molecule has 0 saturated carbocycles. The van der Waals surface area contributed by atoms with E-state index in [9.17, 15) is 28.8 Å². The highest BCUT2D eigenvalue weighted by molar-refractivity contribution is 6.77. The van der Waals surface area contributed by atoms with E-state index in [0.29, 0.717) is 20.9 Å². The average Bonchev–Trinajstić information content (AvgIpc) is 0.887. The minimum Gasteiger partial charge on any atom is -0.342 e. The van der Waals surface area contributed by atoms with Crippen LogP contribution >= 0.6 is 69.6 Å². The van der Waals surface area contributed by atoms with Gasteiger partial charge < -0.3 is 53.2 Å². The summed E-state index contributed by atoms with van der Waals surface area (Å²) in [7, 11) is 0. The van der Waals surface area contributed by atoms with Gasteiger partial charge in [-0.2, -0.15) is 0 Å². The lowest BCUT2D eigenvalue weighted by Crippen LogP contribution is -2.64. The molecule has 0 aromatic heterocycles. The summed E-state index contributed by atoms with van der Waals surface area (Å²) in [6.07, 6.45) is -0.529. The number of hydrogen-bond donors (Lipinski definition) is 8. The van der Waals surface area contributed by atoms with Crippen molar-refractivity contribution >= 4 is 140 Å². The van der Waals surface area contributed by atoms with Crippen molar-refractivity contribution in [2.24, 2.45) is 35.1 Å². The lowest BCUT2D eigenvalue weighted by molar-refractivity contribution is -0.156. The summed E-state index contributed by atoms with van der Waals surface area (Å²) in [6.45, 7) is 13.0. The van der Waals surface area contributed by atoms with Crippen LogP contribution in [0.2, 0.25) is 0 Å². The minimum atomic E-state index is -2.89. The number of nitrogens with one attached hydrogen (secondary N) is 6. The number of halogens is 6. The van der Waals surface area contributed by atoms with Gasteiger partial charge in [-0.1, -0.05) is 186 Å². The SMILES string of the molecule is CC(C)C[C@@H]1NC(=O)[C@H](CCCN)N(C(=O)C(Cl)(Cl)Cl)C(=O)[C@H](C(C)C)NC(=O)[C@@H]2CCCN2C(=O)[C@@H](Cc2ccccc2)NC(=O)[C@H](CC(C)C)NC(=O)[C@H](CCCN)N(C(=O)C(Cl)(Cl)Cl)C(=O)[C@H](C(C)C)NC(=O)[C@@H]2CCCN2C(=O)[C@@H](Cc2ccccc2)NC1=O. The zero-order chi connectivity index (χ0) is 70.1. The third kappa shape index (κ3) is 21.6. The second-order valence-electron chi connectivity index (χ2n) is 25.6. The number of alkyl halides is 6. The van der Waals surface area contributed by atoms with E-state index >= 15 is 28.8 Å². The van der Waals surface area contributed by atoms with Crippen LogP contribution in [0.25, 0.3) is 0 Å². The molecule has 3 heterocycles. The molecule has 0 aliphatic carbocycles. The maximum atomic E-state index is 15.3. The molecule has 30 heteroatoms. The number of hydrogen-bond acceptors (Lipinski definition) is 14. The molecule has 520 valence electrons. The van der Waals surface area contributed by atoms with Crippen molar-refractivity contribution in [3.05, 3.63) is 71.8 Å². The van der Waals surface area contributed by atoms with E-state index in [0.717, 1.165) is 0 Å². The maximum absolute atomic E-state index is 15.3. The highest BCUT2D eigenvalue weighted by Gasteiger charge is 2.51. The Morgan fingerprint density at radius 2 is 0.777 bits per heavy atom. The maximum Gasteiger partial charge on any atom is 0.282 e.